The number of hydrogen-bond donors (Lipinski definition) is 1. The van der Waals surface area contributed by atoms with Gasteiger partial charge in [0.25, 0.3) is 11.8 Å². The molecule has 29 heavy (non-hydrogen) atoms. The third kappa shape index (κ3) is 4.05. The summed E-state index contributed by atoms with van der Waals surface area (Å²) in [5.41, 5.74) is 2.89. The molecule has 146 valence electrons. The largest absolute Gasteiger partial charge is 0.463 e. The number of aromatic nitrogens is 1. The van der Waals surface area contributed by atoms with Crippen LogP contribution in [0.2, 0.25) is 0 Å². The molecule has 0 aliphatic carbocycles. The fourth-order valence-corrected chi connectivity index (χ4v) is 3.83. The predicted octanol–water partition coefficient (Wildman–Crippen LogP) is 4.43. The number of carbonyl (C=O) groups is 2. The molecule has 0 spiro atoms. The Kier molecular flexibility index (Phi) is 5.14. The van der Waals surface area contributed by atoms with Crippen molar-refractivity contribution in [1.29, 1.82) is 0 Å². The SMILES string of the molecule is CN(C)C(=O)c1ccc(Cc2cnc(NC(=O)c3coc4ccccc34)s2)cc1. The van der Waals surface area contributed by atoms with Crippen molar-refractivity contribution < 1.29 is 14.0 Å². The number of fused-ring (bicyclic) bond motifs is 1. The molecule has 1 N–H and O–H groups in total. The third-order valence-electron chi connectivity index (χ3n) is 4.49. The van der Waals surface area contributed by atoms with Gasteiger partial charge in [-0.3, -0.25) is 14.9 Å². The molecule has 2 aromatic carbocycles. The quantitative estimate of drug-likeness (QED) is 0.533. The molecule has 0 aliphatic heterocycles. The molecule has 0 saturated carbocycles. The van der Waals surface area contributed by atoms with Gasteiger partial charge in [-0.15, -0.1) is 11.3 Å². The van der Waals surface area contributed by atoms with Crippen molar-refractivity contribution in [3.63, 3.8) is 0 Å². The summed E-state index contributed by atoms with van der Waals surface area (Å²) in [7, 11) is 3.46. The van der Waals surface area contributed by atoms with Crippen molar-refractivity contribution in [3.8, 4) is 0 Å². The zero-order chi connectivity index (χ0) is 20.4. The van der Waals surface area contributed by atoms with E-state index in [0.29, 0.717) is 28.3 Å². The van der Waals surface area contributed by atoms with Crippen LogP contribution < -0.4 is 5.32 Å². The lowest BCUT2D eigenvalue weighted by Gasteiger charge is -2.10. The van der Waals surface area contributed by atoms with Crippen LogP contribution >= 0.6 is 11.3 Å². The van der Waals surface area contributed by atoms with Crippen molar-refractivity contribution >= 4 is 39.3 Å². The standard InChI is InChI=1S/C22H19N3O3S/c1-25(2)21(27)15-9-7-14(8-10-15)11-16-12-23-22(29-16)24-20(26)18-13-28-19-6-4-3-5-17(18)19/h3-10,12-13H,11H2,1-2H3,(H,23,24,26). The first kappa shape index (κ1) is 18.9. The van der Waals surface area contributed by atoms with Crippen molar-refractivity contribution in [2.45, 2.75) is 6.42 Å². The lowest BCUT2D eigenvalue weighted by Crippen LogP contribution is -2.21. The Morgan fingerprint density at radius 2 is 1.86 bits per heavy atom. The van der Waals surface area contributed by atoms with Gasteiger partial charge in [0.15, 0.2) is 5.13 Å². The van der Waals surface area contributed by atoms with Crippen LogP contribution in [0.3, 0.4) is 0 Å². The number of anilines is 1. The maximum atomic E-state index is 12.6. The van der Waals surface area contributed by atoms with E-state index in [1.807, 2.05) is 48.5 Å². The number of benzene rings is 2. The Morgan fingerprint density at radius 3 is 2.62 bits per heavy atom. The molecule has 0 radical (unpaired) electrons. The molecule has 4 rings (SSSR count). The predicted molar refractivity (Wildman–Crippen MR) is 114 cm³/mol. The molecule has 2 amide bonds. The summed E-state index contributed by atoms with van der Waals surface area (Å²) in [5.74, 6) is -0.270. The molecule has 4 aromatic rings. The fraction of sp³-hybridized carbons (Fsp3) is 0.136. The molecule has 0 saturated heterocycles. The summed E-state index contributed by atoms with van der Waals surface area (Å²) >= 11 is 1.43. The Morgan fingerprint density at radius 1 is 1.10 bits per heavy atom. The Balaban J connectivity index is 1.43. The summed E-state index contributed by atoms with van der Waals surface area (Å²) in [6.45, 7) is 0. The van der Waals surface area contributed by atoms with Gasteiger partial charge < -0.3 is 9.32 Å². The van der Waals surface area contributed by atoms with Crippen LogP contribution in [0.15, 0.2) is 65.4 Å². The van der Waals surface area contributed by atoms with Gasteiger partial charge in [-0.25, -0.2) is 4.98 Å². The molecule has 0 atom stereocenters. The Hall–Kier alpha value is -3.45. The number of hydrogen-bond acceptors (Lipinski definition) is 5. The van der Waals surface area contributed by atoms with Crippen LogP contribution in [0.4, 0.5) is 5.13 Å². The van der Waals surface area contributed by atoms with Crippen LogP contribution in [0, 0.1) is 0 Å². The number of amides is 2. The minimum Gasteiger partial charge on any atom is -0.463 e. The van der Waals surface area contributed by atoms with E-state index in [1.165, 1.54) is 17.6 Å². The van der Waals surface area contributed by atoms with Gasteiger partial charge in [0, 0.05) is 42.5 Å². The lowest BCUT2D eigenvalue weighted by atomic mass is 10.1. The van der Waals surface area contributed by atoms with Crippen molar-refractivity contribution in [2.24, 2.45) is 0 Å². The number of carbonyl (C=O) groups excluding carboxylic acids is 2. The van der Waals surface area contributed by atoms with E-state index in [0.717, 1.165) is 15.8 Å². The van der Waals surface area contributed by atoms with Gasteiger partial charge in [-0.1, -0.05) is 30.3 Å². The number of nitrogens with one attached hydrogen (secondary N) is 1. The number of thiazole rings is 1. The average Bonchev–Trinajstić information content (AvgIpc) is 3.34. The van der Waals surface area contributed by atoms with Crippen molar-refractivity contribution in [3.05, 3.63) is 82.6 Å². The molecule has 2 aromatic heterocycles. The minimum absolute atomic E-state index is 0.0221. The maximum Gasteiger partial charge on any atom is 0.261 e. The first-order valence-corrected chi connectivity index (χ1v) is 9.86. The molecular weight excluding hydrogens is 386 g/mol. The monoisotopic (exact) mass is 405 g/mol. The topological polar surface area (TPSA) is 75.4 Å². The first-order valence-electron chi connectivity index (χ1n) is 9.04. The number of rotatable bonds is 5. The average molecular weight is 405 g/mol. The van der Waals surface area contributed by atoms with E-state index in [9.17, 15) is 9.59 Å². The highest BCUT2D eigenvalue weighted by Crippen LogP contribution is 2.25. The number of furan rings is 1. The van der Waals surface area contributed by atoms with E-state index in [1.54, 1.807) is 25.2 Å². The molecule has 0 aliphatic rings. The van der Waals surface area contributed by atoms with Crippen LogP contribution in [0.5, 0.6) is 0 Å². The highest BCUT2D eigenvalue weighted by molar-refractivity contribution is 7.15. The fourth-order valence-electron chi connectivity index (χ4n) is 2.99. The van der Waals surface area contributed by atoms with E-state index < -0.39 is 0 Å². The molecule has 7 heteroatoms. The van der Waals surface area contributed by atoms with E-state index >= 15 is 0 Å². The van der Waals surface area contributed by atoms with Crippen molar-refractivity contribution in [1.82, 2.24) is 9.88 Å². The van der Waals surface area contributed by atoms with Gasteiger partial charge in [0.1, 0.15) is 11.8 Å². The van der Waals surface area contributed by atoms with Crippen molar-refractivity contribution in [2.75, 3.05) is 19.4 Å². The number of para-hydroxylation sites is 1. The number of nitrogens with zero attached hydrogens (tertiary/aromatic N) is 2. The van der Waals surface area contributed by atoms with Gasteiger partial charge in [0.05, 0.1) is 5.56 Å². The second kappa shape index (κ2) is 7.89. The summed E-state index contributed by atoms with van der Waals surface area (Å²) < 4.78 is 5.43. The van der Waals surface area contributed by atoms with Gasteiger partial charge >= 0.3 is 0 Å². The highest BCUT2D eigenvalue weighted by atomic mass is 32.1. The summed E-state index contributed by atoms with van der Waals surface area (Å²) in [4.78, 5) is 31.4. The third-order valence-corrected chi connectivity index (χ3v) is 5.40. The Bertz CT molecular complexity index is 1180. The maximum absolute atomic E-state index is 12.6. The first-order chi connectivity index (χ1) is 14.0. The van der Waals surface area contributed by atoms with Crippen LogP contribution in [-0.4, -0.2) is 35.8 Å². The minimum atomic E-state index is -0.248. The van der Waals surface area contributed by atoms with Crippen LogP contribution in [0.25, 0.3) is 11.0 Å². The second-order valence-electron chi connectivity index (χ2n) is 6.80. The zero-order valence-corrected chi connectivity index (χ0v) is 16.8. The molecule has 2 heterocycles. The van der Waals surface area contributed by atoms with E-state index in [-0.39, 0.29) is 11.8 Å². The lowest BCUT2D eigenvalue weighted by molar-refractivity contribution is 0.0827. The van der Waals surface area contributed by atoms with Gasteiger partial charge in [0.2, 0.25) is 0 Å². The molecule has 0 unspecified atom stereocenters. The molecular formula is C22H19N3O3S. The normalized spacial score (nSPS) is 10.8. The van der Waals surface area contributed by atoms with Gasteiger partial charge in [-0.05, 0) is 23.8 Å². The molecule has 0 fully saturated rings. The highest BCUT2D eigenvalue weighted by Gasteiger charge is 2.15. The smallest absolute Gasteiger partial charge is 0.261 e. The summed E-state index contributed by atoms with van der Waals surface area (Å²) in [6, 6.07) is 14.9. The Labute approximate surface area is 171 Å². The molecule has 6 nitrogen and oxygen atoms in total. The van der Waals surface area contributed by atoms with E-state index in [2.05, 4.69) is 10.3 Å². The van der Waals surface area contributed by atoms with Crippen LogP contribution in [-0.2, 0) is 6.42 Å². The van der Waals surface area contributed by atoms with E-state index in [4.69, 9.17) is 4.42 Å². The zero-order valence-electron chi connectivity index (χ0n) is 16.0. The van der Waals surface area contributed by atoms with Gasteiger partial charge in [-0.2, -0.15) is 0 Å². The summed E-state index contributed by atoms with van der Waals surface area (Å²) in [5, 5.41) is 4.15. The molecule has 0 bridgehead atoms. The summed E-state index contributed by atoms with van der Waals surface area (Å²) in [6.07, 6.45) is 3.90. The second-order valence-corrected chi connectivity index (χ2v) is 7.92. The van der Waals surface area contributed by atoms with Crippen LogP contribution in [0.1, 0.15) is 31.2 Å².